The Balaban J connectivity index is 2.21. The minimum Gasteiger partial charge on any atom is -0.290 e. The van der Waals surface area contributed by atoms with Gasteiger partial charge in [-0.05, 0) is 30.9 Å². The van der Waals surface area contributed by atoms with E-state index in [2.05, 4.69) is 15.3 Å². The molecule has 2 aromatic rings. The Kier molecular flexibility index (Phi) is 3.40. The van der Waals surface area contributed by atoms with Gasteiger partial charge in [0.1, 0.15) is 5.15 Å². The van der Waals surface area contributed by atoms with Crippen LogP contribution in [0.4, 0.5) is 5.95 Å². The molecule has 0 aliphatic rings. The summed E-state index contributed by atoms with van der Waals surface area (Å²) in [5.41, 5.74) is 2.28. The van der Waals surface area contributed by atoms with Crippen LogP contribution >= 0.6 is 22.9 Å². The third-order valence-electron chi connectivity index (χ3n) is 2.15. The second-order valence-electron chi connectivity index (χ2n) is 3.58. The number of aryl methyl sites for hydroxylation is 2. The van der Waals surface area contributed by atoms with Gasteiger partial charge in [-0.25, -0.2) is 9.97 Å². The Labute approximate surface area is 108 Å². The molecule has 0 aliphatic heterocycles. The predicted octanol–water partition coefficient (Wildman–Crippen LogP) is 3.06. The summed E-state index contributed by atoms with van der Waals surface area (Å²) in [6.45, 7) is 3.68. The second-order valence-corrected chi connectivity index (χ2v) is 4.71. The molecule has 0 bridgehead atoms. The average Bonchev–Trinajstić information content (AvgIpc) is 2.62. The van der Waals surface area contributed by atoms with Crippen LogP contribution in [0.1, 0.15) is 21.6 Å². The summed E-state index contributed by atoms with van der Waals surface area (Å²) in [5, 5.41) is 6.65. The van der Waals surface area contributed by atoms with E-state index in [4.69, 9.17) is 11.6 Å². The molecule has 1 amide bonds. The van der Waals surface area contributed by atoms with Gasteiger partial charge in [0.2, 0.25) is 5.95 Å². The van der Waals surface area contributed by atoms with Crippen LogP contribution in [0.3, 0.4) is 0 Å². The number of hydrogen-bond acceptors (Lipinski definition) is 4. The van der Waals surface area contributed by atoms with Crippen LogP contribution in [-0.2, 0) is 0 Å². The van der Waals surface area contributed by atoms with E-state index in [1.165, 1.54) is 11.3 Å². The second kappa shape index (κ2) is 4.81. The van der Waals surface area contributed by atoms with Crippen LogP contribution < -0.4 is 5.32 Å². The monoisotopic (exact) mass is 267 g/mol. The van der Waals surface area contributed by atoms with Crippen LogP contribution in [0.2, 0.25) is 5.15 Å². The van der Waals surface area contributed by atoms with Crippen molar-refractivity contribution in [1.29, 1.82) is 0 Å². The van der Waals surface area contributed by atoms with E-state index in [0.717, 1.165) is 5.56 Å². The highest BCUT2D eigenvalue weighted by atomic mass is 35.5. The van der Waals surface area contributed by atoms with Crippen LogP contribution in [0, 0.1) is 13.8 Å². The lowest BCUT2D eigenvalue weighted by Gasteiger charge is -2.04. The van der Waals surface area contributed by atoms with Crippen molar-refractivity contribution >= 4 is 34.8 Å². The molecular formula is C11H10ClN3OS. The Morgan fingerprint density at radius 2 is 2.12 bits per heavy atom. The lowest BCUT2D eigenvalue weighted by atomic mass is 10.2. The number of hydrogen-bond donors (Lipinski definition) is 1. The van der Waals surface area contributed by atoms with Gasteiger partial charge in [-0.15, -0.1) is 0 Å². The highest BCUT2D eigenvalue weighted by Gasteiger charge is 2.11. The van der Waals surface area contributed by atoms with E-state index in [0.29, 0.717) is 16.4 Å². The van der Waals surface area contributed by atoms with Crippen LogP contribution in [0.15, 0.2) is 16.8 Å². The number of aromatic nitrogens is 2. The van der Waals surface area contributed by atoms with Gasteiger partial charge in [-0.1, -0.05) is 11.6 Å². The molecule has 1 N–H and O–H groups in total. The molecule has 2 rings (SSSR count). The van der Waals surface area contributed by atoms with Gasteiger partial charge in [-0.3, -0.25) is 10.1 Å². The van der Waals surface area contributed by atoms with Gasteiger partial charge in [-0.2, -0.15) is 11.3 Å². The molecule has 0 aromatic carbocycles. The van der Waals surface area contributed by atoms with Crippen molar-refractivity contribution in [1.82, 2.24) is 9.97 Å². The number of rotatable bonds is 2. The molecule has 88 valence electrons. The third kappa shape index (κ3) is 2.81. The summed E-state index contributed by atoms with van der Waals surface area (Å²) in [6.07, 6.45) is 0. The van der Waals surface area contributed by atoms with Gasteiger partial charge < -0.3 is 0 Å². The first-order valence-corrected chi connectivity index (χ1v) is 6.23. The minimum atomic E-state index is -0.217. The number of halogens is 1. The van der Waals surface area contributed by atoms with Gasteiger partial charge in [0.25, 0.3) is 5.91 Å². The fourth-order valence-electron chi connectivity index (χ4n) is 1.35. The van der Waals surface area contributed by atoms with Crippen molar-refractivity contribution in [3.63, 3.8) is 0 Å². The summed E-state index contributed by atoms with van der Waals surface area (Å²) in [6, 6.07) is 1.63. The molecule has 0 radical (unpaired) electrons. The topological polar surface area (TPSA) is 54.9 Å². The van der Waals surface area contributed by atoms with Gasteiger partial charge in [0.15, 0.2) is 0 Å². The SMILES string of the molecule is Cc1cc(Cl)nc(NC(=O)c2cscc2C)n1. The molecule has 0 fully saturated rings. The molecule has 0 saturated carbocycles. The first-order chi connectivity index (χ1) is 8.06. The Morgan fingerprint density at radius 3 is 2.71 bits per heavy atom. The molecule has 0 saturated heterocycles. The highest BCUT2D eigenvalue weighted by Crippen LogP contribution is 2.16. The van der Waals surface area contributed by atoms with Crippen molar-refractivity contribution < 1.29 is 4.79 Å². The number of anilines is 1. The van der Waals surface area contributed by atoms with E-state index in [-0.39, 0.29) is 11.9 Å². The van der Waals surface area contributed by atoms with E-state index in [1.54, 1.807) is 18.4 Å². The molecule has 0 spiro atoms. The average molecular weight is 268 g/mol. The fourth-order valence-corrected chi connectivity index (χ4v) is 2.41. The first-order valence-electron chi connectivity index (χ1n) is 4.91. The van der Waals surface area contributed by atoms with Crippen LogP contribution in [-0.4, -0.2) is 15.9 Å². The van der Waals surface area contributed by atoms with E-state index in [9.17, 15) is 4.79 Å². The van der Waals surface area contributed by atoms with E-state index < -0.39 is 0 Å². The molecule has 0 atom stereocenters. The molecule has 0 aliphatic carbocycles. The maximum absolute atomic E-state index is 11.9. The molecule has 2 aromatic heterocycles. The predicted molar refractivity (Wildman–Crippen MR) is 68.8 cm³/mol. The van der Waals surface area contributed by atoms with E-state index in [1.807, 2.05) is 12.3 Å². The molecule has 6 heteroatoms. The Hall–Kier alpha value is -1.46. The molecular weight excluding hydrogens is 258 g/mol. The minimum absolute atomic E-state index is 0.217. The number of nitrogens with one attached hydrogen (secondary N) is 1. The van der Waals surface area contributed by atoms with Gasteiger partial charge in [0, 0.05) is 11.1 Å². The lowest BCUT2D eigenvalue weighted by Crippen LogP contribution is -2.14. The largest absolute Gasteiger partial charge is 0.290 e. The maximum Gasteiger partial charge on any atom is 0.259 e. The summed E-state index contributed by atoms with van der Waals surface area (Å²) in [5.74, 6) is 0.0102. The summed E-state index contributed by atoms with van der Waals surface area (Å²) < 4.78 is 0. The quantitative estimate of drug-likeness (QED) is 0.851. The third-order valence-corrected chi connectivity index (χ3v) is 3.20. The van der Waals surface area contributed by atoms with Crippen LogP contribution in [0.25, 0.3) is 0 Å². The number of amides is 1. The smallest absolute Gasteiger partial charge is 0.259 e. The van der Waals surface area contributed by atoms with Crippen molar-refractivity contribution in [2.75, 3.05) is 5.32 Å². The number of carbonyl (C=O) groups is 1. The zero-order valence-corrected chi connectivity index (χ0v) is 10.9. The summed E-state index contributed by atoms with van der Waals surface area (Å²) in [7, 11) is 0. The van der Waals surface area contributed by atoms with Gasteiger partial charge >= 0.3 is 0 Å². The van der Waals surface area contributed by atoms with E-state index >= 15 is 0 Å². The lowest BCUT2D eigenvalue weighted by molar-refractivity contribution is 0.102. The van der Waals surface area contributed by atoms with Crippen molar-refractivity contribution in [2.24, 2.45) is 0 Å². The van der Waals surface area contributed by atoms with Gasteiger partial charge in [0.05, 0.1) is 5.56 Å². The summed E-state index contributed by atoms with van der Waals surface area (Å²) in [4.78, 5) is 19.9. The Morgan fingerprint density at radius 1 is 1.35 bits per heavy atom. The number of nitrogens with zero attached hydrogens (tertiary/aromatic N) is 2. The van der Waals surface area contributed by atoms with Crippen molar-refractivity contribution in [3.05, 3.63) is 38.8 Å². The summed E-state index contributed by atoms with van der Waals surface area (Å²) >= 11 is 7.27. The zero-order chi connectivity index (χ0) is 12.4. The standard InChI is InChI=1S/C11H10ClN3OS/c1-6-4-17-5-8(6)10(16)15-11-13-7(2)3-9(12)14-11/h3-5H,1-2H3,(H,13,14,15,16). The fraction of sp³-hybridized carbons (Fsp3) is 0.182. The Bertz CT molecular complexity index is 547. The van der Waals surface area contributed by atoms with Crippen molar-refractivity contribution in [3.8, 4) is 0 Å². The van der Waals surface area contributed by atoms with Crippen molar-refractivity contribution in [2.45, 2.75) is 13.8 Å². The molecule has 2 heterocycles. The first kappa shape index (κ1) is 12.0. The number of thiophene rings is 1. The zero-order valence-electron chi connectivity index (χ0n) is 9.32. The molecule has 4 nitrogen and oxygen atoms in total. The van der Waals surface area contributed by atoms with Crippen LogP contribution in [0.5, 0.6) is 0 Å². The maximum atomic E-state index is 11.9. The normalized spacial score (nSPS) is 10.3. The number of carbonyl (C=O) groups excluding carboxylic acids is 1. The molecule has 17 heavy (non-hydrogen) atoms. The molecule has 0 unspecified atom stereocenters. The highest BCUT2D eigenvalue weighted by molar-refractivity contribution is 7.08.